The summed E-state index contributed by atoms with van der Waals surface area (Å²) >= 11 is 6.22. The molecule has 2 aromatic rings. The lowest BCUT2D eigenvalue weighted by molar-refractivity contribution is 0.297. The fourth-order valence-electron chi connectivity index (χ4n) is 1.86. The number of benzene rings is 1. The van der Waals surface area contributed by atoms with Crippen molar-refractivity contribution in [2.75, 3.05) is 6.54 Å². The molecule has 0 amide bonds. The van der Waals surface area contributed by atoms with Gasteiger partial charge in [0.15, 0.2) is 0 Å². The fraction of sp³-hybridized carbons (Fsp3) is 0.429. The second kappa shape index (κ2) is 7.26. The highest BCUT2D eigenvalue weighted by Gasteiger charge is 2.09. The lowest BCUT2D eigenvalue weighted by Gasteiger charge is -2.12. The summed E-state index contributed by atoms with van der Waals surface area (Å²) in [6.45, 7) is 4.20. The first-order valence-corrected chi connectivity index (χ1v) is 7.04. The lowest BCUT2D eigenvalue weighted by atomic mass is 10.2. The van der Waals surface area contributed by atoms with Crippen LogP contribution in [-0.4, -0.2) is 21.5 Å². The lowest BCUT2D eigenvalue weighted by Crippen LogP contribution is -2.14. The molecular weight excluding hydrogens is 276 g/mol. The van der Waals surface area contributed by atoms with Crippen LogP contribution in [0.2, 0.25) is 5.02 Å². The van der Waals surface area contributed by atoms with Crippen LogP contribution in [0.25, 0.3) is 0 Å². The van der Waals surface area contributed by atoms with Crippen molar-refractivity contribution in [1.82, 2.24) is 20.3 Å². The molecule has 0 fully saturated rings. The average Bonchev–Trinajstić information content (AvgIpc) is 2.84. The van der Waals surface area contributed by atoms with Gasteiger partial charge < -0.3 is 10.1 Å². The van der Waals surface area contributed by atoms with Crippen LogP contribution in [0, 0.1) is 0 Å². The maximum atomic E-state index is 6.22. The Labute approximate surface area is 123 Å². The fourth-order valence-corrected chi connectivity index (χ4v) is 2.11. The Morgan fingerprint density at radius 3 is 2.95 bits per heavy atom. The average molecular weight is 295 g/mol. The van der Waals surface area contributed by atoms with Gasteiger partial charge in [0.25, 0.3) is 0 Å². The number of rotatable bonds is 7. The minimum absolute atomic E-state index is 0.359. The number of hydrogen-bond acceptors (Lipinski definition) is 4. The summed E-state index contributed by atoms with van der Waals surface area (Å²) in [5.41, 5.74) is 1.83. The molecule has 0 aliphatic heterocycles. The van der Waals surface area contributed by atoms with Crippen LogP contribution in [0.4, 0.5) is 0 Å². The van der Waals surface area contributed by atoms with E-state index in [9.17, 15) is 0 Å². The van der Waals surface area contributed by atoms with Gasteiger partial charge in [-0.15, -0.1) is 5.10 Å². The summed E-state index contributed by atoms with van der Waals surface area (Å²) in [5, 5.41) is 11.8. The molecule has 0 spiro atoms. The van der Waals surface area contributed by atoms with E-state index < -0.39 is 0 Å². The zero-order valence-electron chi connectivity index (χ0n) is 11.8. The van der Waals surface area contributed by atoms with Crippen molar-refractivity contribution in [3.05, 3.63) is 40.7 Å². The van der Waals surface area contributed by atoms with Crippen molar-refractivity contribution in [3.8, 4) is 5.75 Å². The molecule has 1 aromatic heterocycles. The van der Waals surface area contributed by atoms with Gasteiger partial charge in [-0.25, -0.2) is 0 Å². The van der Waals surface area contributed by atoms with Crippen LogP contribution < -0.4 is 10.1 Å². The number of ether oxygens (including phenoxy) is 1. The summed E-state index contributed by atoms with van der Waals surface area (Å²) in [5.74, 6) is 0.712. The highest BCUT2D eigenvalue weighted by atomic mass is 35.5. The number of aromatic nitrogens is 3. The van der Waals surface area contributed by atoms with E-state index >= 15 is 0 Å². The number of halogens is 1. The van der Waals surface area contributed by atoms with Gasteiger partial charge in [-0.3, -0.25) is 4.68 Å². The quantitative estimate of drug-likeness (QED) is 0.797. The molecule has 0 aliphatic carbocycles. The number of aryl methyl sites for hydroxylation is 1. The van der Waals surface area contributed by atoms with Crippen molar-refractivity contribution in [1.29, 1.82) is 0 Å². The smallest absolute Gasteiger partial charge is 0.142 e. The minimum Gasteiger partial charge on any atom is -0.485 e. The van der Waals surface area contributed by atoms with E-state index in [0.717, 1.165) is 30.8 Å². The Morgan fingerprint density at radius 1 is 1.40 bits per heavy atom. The first kappa shape index (κ1) is 14.8. The largest absolute Gasteiger partial charge is 0.485 e. The van der Waals surface area contributed by atoms with Gasteiger partial charge in [-0.1, -0.05) is 35.9 Å². The third-order valence-corrected chi connectivity index (χ3v) is 3.10. The van der Waals surface area contributed by atoms with Gasteiger partial charge in [-0.2, -0.15) is 0 Å². The van der Waals surface area contributed by atoms with Gasteiger partial charge in [-0.05, 0) is 19.0 Å². The predicted octanol–water partition coefficient (Wildman–Crippen LogP) is 2.55. The van der Waals surface area contributed by atoms with Gasteiger partial charge in [0.2, 0.25) is 0 Å². The maximum Gasteiger partial charge on any atom is 0.142 e. The summed E-state index contributed by atoms with van der Waals surface area (Å²) in [6.07, 6.45) is 2.92. The van der Waals surface area contributed by atoms with Gasteiger partial charge >= 0.3 is 0 Å². The van der Waals surface area contributed by atoms with Crippen LogP contribution in [0.3, 0.4) is 0 Å². The molecule has 6 heteroatoms. The molecule has 0 saturated carbocycles. The highest BCUT2D eigenvalue weighted by Crippen LogP contribution is 2.29. The van der Waals surface area contributed by atoms with E-state index in [1.54, 1.807) is 4.68 Å². The molecule has 5 nitrogen and oxygen atoms in total. The Bertz CT molecular complexity index is 556. The van der Waals surface area contributed by atoms with Crippen molar-refractivity contribution in [2.45, 2.75) is 26.5 Å². The molecule has 20 heavy (non-hydrogen) atoms. The van der Waals surface area contributed by atoms with Crippen molar-refractivity contribution in [3.63, 3.8) is 0 Å². The van der Waals surface area contributed by atoms with Crippen LogP contribution in [0.5, 0.6) is 5.75 Å². The zero-order chi connectivity index (χ0) is 14.4. The van der Waals surface area contributed by atoms with Gasteiger partial charge in [0.1, 0.15) is 18.1 Å². The third kappa shape index (κ3) is 3.95. The Balaban J connectivity index is 2.04. The maximum absolute atomic E-state index is 6.22. The van der Waals surface area contributed by atoms with Crippen molar-refractivity contribution in [2.24, 2.45) is 7.05 Å². The third-order valence-electron chi connectivity index (χ3n) is 2.81. The first-order chi connectivity index (χ1) is 9.70. The molecule has 0 aliphatic rings. The summed E-state index contributed by atoms with van der Waals surface area (Å²) in [7, 11) is 1.83. The molecule has 1 N–H and O–H groups in total. The Morgan fingerprint density at radius 2 is 2.25 bits per heavy atom. The topological polar surface area (TPSA) is 52.0 Å². The van der Waals surface area contributed by atoms with E-state index in [0.29, 0.717) is 17.4 Å². The molecule has 1 aromatic carbocycles. The van der Waals surface area contributed by atoms with Gasteiger partial charge in [0.05, 0.1) is 11.2 Å². The predicted molar refractivity (Wildman–Crippen MR) is 78.8 cm³/mol. The van der Waals surface area contributed by atoms with E-state index in [1.165, 1.54) is 0 Å². The van der Waals surface area contributed by atoms with Crippen LogP contribution >= 0.6 is 11.6 Å². The van der Waals surface area contributed by atoms with E-state index in [4.69, 9.17) is 16.3 Å². The second-order valence-electron chi connectivity index (χ2n) is 4.58. The standard InChI is InChI=1S/C14H19ClN4O/c1-3-7-16-8-11-5-4-6-13(15)14(11)20-10-12-9-19(2)18-17-12/h4-6,9,16H,3,7-8,10H2,1-2H3. The Hall–Kier alpha value is -1.59. The second-order valence-corrected chi connectivity index (χ2v) is 4.98. The van der Waals surface area contributed by atoms with E-state index in [-0.39, 0.29) is 0 Å². The van der Waals surface area contributed by atoms with Gasteiger partial charge in [0, 0.05) is 19.2 Å². The molecule has 0 bridgehead atoms. The molecule has 0 saturated heterocycles. The van der Waals surface area contributed by atoms with E-state index in [2.05, 4.69) is 22.6 Å². The van der Waals surface area contributed by atoms with Crippen molar-refractivity contribution >= 4 is 11.6 Å². The summed E-state index contributed by atoms with van der Waals surface area (Å²) in [4.78, 5) is 0. The number of hydrogen-bond donors (Lipinski definition) is 1. The molecule has 1 heterocycles. The molecule has 108 valence electrons. The zero-order valence-corrected chi connectivity index (χ0v) is 12.5. The number of nitrogens with one attached hydrogen (secondary N) is 1. The summed E-state index contributed by atoms with van der Waals surface area (Å²) < 4.78 is 7.46. The SMILES string of the molecule is CCCNCc1cccc(Cl)c1OCc1cn(C)nn1. The normalized spacial score (nSPS) is 10.8. The summed E-state index contributed by atoms with van der Waals surface area (Å²) in [6, 6.07) is 5.78. The van der Waals surface area contributed by atoms with E-state index in [1.807, 2.05) is 31.4 Å². The molecule has 0 atom stereocenters. The number of nitrogens with zero attached hydrogens (tertiary/aromatic N) is 3. The number of para-hydroxylation sites is 1. The molecule has 0 unspecified atom stereocenters. The van der Waals surface area contributed by atoms with Crippen LogP contribution in [0.15, 0.2) is 24.4 Å². The highest BCUT2D eigenvalue weighted by molar-refractivity contribution is 6.32. The first-order valence-electron chi connectivity index (χ1n) is 6.66. The van der Waals surface area contributed by atoms with Crippen molar-refractivity contribution < 1.29 is 4.74 Å². The minimum atomic E-state index is 0.359. The van der Waals surface area contributed by atoms with Crippen LogP contribution in [0.1, 0.15) is 24.6 Å². The molecule has 2 rings (SSSR count). The van der Waals surface area contributed by atoms with Crippen LogP contribution in [-0.2, 0) is 20.2 Å². The molecule has 0 radical (unpaired) electrons. The monoisotopic (exact) mass is 294 g/mol. The molecular formula is C14H19ClN4O. The Kier molecular flexibility index (Phi) is 5.38.